The summed E-state index contributed by atoms with van der Waals surface area (Å²) in [6.45, 7) is 2.38. The Balaban J connectivity index is 0.00000182. The summed E-state index contributed by atoms with van der Waals surface area (Å²) in [5.74, 6) is 3.73. The van der Waals surface area contributed by atoms with Gasteiger partial charge >= 0.3 is 0 Å². The summed E-state index contributed by atoms with van der Waals surface area (Å²) in [5.41, 5.74) is 0.582. The summed E-state index contributed by atoms with van der Waals surface area (Å²) in [7, 11) is 3.53. The molecule has 1 aliphatic heterocycles. The molecule has 2 saturated carbocycles. The topological polar surface area (TPSA) is 76.4 Å². The largest absolute Gasteiger partial charge is 0.377 e. The van der Waals surface area contributed by atoms with Crippen LogP contribution in [0.4, 0.5) is 0 Å². The number of nitrogens with zero attached hydrogens (tertiary/aromatic N) is 4. The summed E-state index contributed by atoms with van der Waals surface area (Å²) in [4.78, 5) is 8.94. The lowest BCUT2D eigenvalue weighted by molar-refractivity contribution is 0.177. The molecule has 3 aliphatic rings. The van der Waals surface area contributed by atoms with Gasteiger partial charge in [-0.3, -0.25) is 4.99 Å². The molecule has 1 atom stereocenters. The van der Waals surface area contributed by atoms with Gasteiger partial charge in [-0.05, 0) is 43.4 Å². The first kappa shape index (κ1) is 18.9. The van der Waals surface area contributed by atoms with Crippen molar-refractivity contribution in [1.29, 1.82) is 0 Å². The number of hydrogen-bond acceptors (Lipinski definition) is 4. The first-order valence-electron chi connectivity index (χ1n) is 9.11. The molecule has 7 nitrogen and oxygen atoms in total. The van der Waals surface area contributed by atoms with Crippen LogP contribution in [-0.2, 0) is 24.3 Å². The van der Waals surface area contributed by atoms with E-state index in [1.54, 1.807) is 7.11 Å². The van der Waals surface area contributed by atoms with Crippen LogP contribution in [0.1, 0.15) is 43.8 Å². The lowest BCUT2D eigenvalue weighted by atomic mass is 10.0. The molecule has 0 amide bonds. The van der Waals surface area contributed by atoms with Crippen molar-refractivity contribution in [2.45, 2.75) is 57.7 Å². The number of aliphatic imine (C=N–C) groups is 1. The third kappa shape index (κ3) is 4.27. The maximum Gasteiger partial charge on any atom is 0.191 e. The lowest BCUT2D eigenvalue weighted by Gasteiger charge is -2.26. The number of hydrogen-bond donors (Lipinski definition) is 2. The van der Waals surface area contributed by atoms with Crippen LogP contribution in [0, 0.1) is 11.3 Å². The number of ether oxygens (including phenoxy) is 1. The van der Waals surface area contributed by atoms with E-state index in [0.717, 1.165) is 49.5 Å². The van der Waals surface area contributed by atoms with Crippen LogP contribution in [0.25, 0.3) is 0 Å². The van der Waals surface area contributed by atoms with Crippen molar-refractivity contribution in [2.75, 3.05) is 20.7 Å². The van der Waals surface area contributed by atoms with Gasteiger partial charge in [-0.15, -0.1) is 24.0 Å². The zero-order valence-corrected chi connectivity index (χ0v) is 17.5. The number of aromatic nitrogens is 3. The van der Waals surface area contributed by atoms with Crippen molar-refractivity contribution in [3.8, 4) is 0 Å². The van der Waals surface area contributed by atoms with E-state index in [0.29, 0.717) is 18.1 Å². The number of guanidine groups is 1. The van der Waals surface area contributed by atoms with Crippen molar-refractivity contribution in [1.82, 2.24) is 25.4 Å². The van der Waals surface area contributed by atoms with Crippen molar-refractivity contribution in [3.63, 3.8) is 0 Å². The van der Waals surface area contributed by atoms with Gasteiger partial charge in [0.2, 0.25) is 0 Å². The molecule has 1 aromatic rings. The van der Waals surface area contributed by atoms with E-state index in [-0.39, 0.29) is 24.0 Å². The maximum absolute atomic E-state index is 5.13. The Labute approximate surface area is 166 Å². The average Bonchev–Trinajstić information content (AvgIpc) is 3.48. The zero-order valence-electron chi connectivity index (χ0n) is 15.1. The number of methoxy groups -OCH3 is 1. The van der Waals surface area contributed by atoms with Crippen molar-refractivity contribution in [3.05, 3.63) is 11.6 Å². The monoisotopic (exact) mass is 460 g/mol. The van der Waals surface area contributed by atoms with Crippen LogP contribution >= 0.6 is 24.0 Å². The highest BCUT2D eigenvalue weighted by molar-refractivity contribution is 14.0. The van der Waals surface area contributed by atoms with Crippen molar-refractivity contribution >= 4 is 29.9 Å². The molecular weight excluding hydrogens is 431 g/mol. The molecule has 2 N–H and O–H groups in total. The molecule has 0 bridgehead atoms. The maximum atomic E-state index is 5.13. The Kier molecular flexibility index (Phi) is 5.87. The van der Waals surface area contributed by atoms with Gasteiger partial charge in [-0.25, -0.2) is 9.67 Å². The van der Waals surface area contributed by atoms with E-state index >= 15 is 0 Å². The second kappa shape index (κ2) is 7.77. The minimum absolute atomic E-state index is 0. The van der Waals surface area contributed by atoms with Gasteiger partial charge in [0.05, 0.1) is 6.54 Å². The molecule has 140 valence electrons. The van der Waals surface area contributed by atoms with E-state index in [9.17, 15) is 0 Å². The van der Waals surface area contributed by atoms with Crippen LogP contribution in [0.5, 0.6) is 0 Å². The van der Waals surface area contributed by atoms with Crippen LogP contribution in [0.15, 0.2) is 4.99 Å². The molecule has 4 rings (SSSR count). The number of aryl methyl sites for hydroxylation is 1. The Morgan fingerprint density at radius 2 is 2.16 bits per heavy atom. The predicted molar refractivity (Wildman–Crippen MR) is 107 cm³/mol. The smallest absolute Gasteiger partial charge is 0.191 e. The molecule has 2 fully saturated rings. The number of halogens is 1. The van der Waals surface area contributed by atoms with Gasteiger partial charge in [-0.1, -0.05) is 0 Å². The van der Waals surface area contributed by atoms with Gasteiger partial charge in [0.1, 0.15) is 12.4 Å². The zero-order chi connectivity index (χ0) is 16.6. The molecule has 0 aromatic carbocycles. The molecule has 8 heteroatoms. The molecule has 0 spiro atoms. The van der Waals surface area contributed by atoms with E-state index in [1.807, 2.05) is 11.7 Å². The quantitative estimate of drug-likeness (QED) is 0.384. The van der Waals surface area contributed by atoms with Gasteiger partial charge in [0.15, 0.2) is 11.8 Å². The SMILES string of the molecule is CN=C(NCC1(C2CC2)CC1)NC1CCc2nc(COC)nn2C1.I. The Morgan fingerprint density at radius 3 is 2.80 bits per heavy atom. The van der Waals surface area contributed by atoms with E-state index in [1.165, 1.54) is 25.7 Å². The van der Waals surface area contributed by atoms with Gasteiger partial charge in [0, 0.05) is 33.2 Å². The third-order valence-electron chi connectivity index (χ3n) is 5.68. The number of nitrogens with one attached hydrogen (secondary N) is 2. The van der Waals surface area contributed by atoms with Crippen LogP contribution < -0.4 is 10.6 Å². The second-order valence-corrected chi connectivity index (χ2v) is 7.50. The lowest BCUT2D eigenvalue weighted by Crippen LogP contribution is -2.48. The number of fused-ring (bicyclic) bond motifs is 1. The van der Waals surface area contributed by atoms with Gasteiger partial charge < -0.3 is 15.4 Å². The highest BCUT2D eigenvalue weighted by Crippen LogP contribution is 2.60. The van der Waals surface area contributed by atoms with Gasteiger partial charge in [0.25, 0.3) is 0 Å². The van der Waals surface area contributed by atoms with Crippen LogP contribution in [0.2, 0.25) is 0 Å². The van der Waals surface area contributed by atoms with Crippen LogP contribution in [-0.4, -0.2) is 47.5 Å². The minimum Gasteiger partial charge on any atom is -0.377 e. The van der Waals surface area contributed by atoms with Crippen molar-refractivity contribution < 1.29 is 4.74 Å². The van der Waals surface area contributed by atoms with E-state index in [2.05, 4.69) is 25.7 Å². The fourth-order valence-electron chi connectivity index (χ4n) is 3.90. The Morgan fingerprint density at radius 1 is 1.36 bits per heavy atom. The standard InChI is InChI=1S/C17H28N6O.HI/c1-18-16(19-11-17(7-8-17)12-3-4-12)20-13-5-6-15-21-14(10-24-2)22-23(15)9-13;/h12-13H,3-11H2,1-2H3,(H2,18,19,20);1H. The third-order valence-corrected chi connectivity index (χ3v) is 5.68. The Hall–Kier alpha value is -0.900. The summed E-state index contributed by atoms with van der Waals surface area (Å²) < 4.78 is 7.13. The van der Waals surface area contributed by atoms with E-state index < -0.39 is 0 Å². The first-order chi connectivity index (χ1) is 11.7. The fourth-order valence-corrected chi connectivity index (χ4v) is 3.90. The van der Waals surface area contributed by atoms with Gasteiger partial charge in [-0.2, -0.15) is 5.10 Å². The minimum atomic E-state index is 0. The highest BCUT2D eigenvalue weighted by atomic mass is 127. The van der Waals surface area contributed by atoms with E-state index in [4.69, 9.17) is 4.74 Å². The molecule has 0 saturated heterocycles. The summed E-state index contributed by atoms with van der Waals surface area (Å²) >= 11 is 0. The summed E-state index contributed by atoms with van der Waals surface area (Å²) in [5, 5.41) is 11.7. The first-order valence-corrected chi connectivity index (χ1v) is 9.11. The molecule has 2 aliphatic carbocycles. The molecule has 0 radical (unpaired) electrons. The van der Waals surface area contributed by atoms with Crippen LogP contribution in [0.3, 0.4) is 0 Å². The highest BCUT2D eigenvalue weighted by Gasteiger charge is 2.53. The summed E-state index contributed by atoms with van der Waals surface area (Å²) in [6, 6.07) is 0.344. The second-order valence-electron chi connectivity index (χ2n) is 7.50. The molecular formula is C17H29IN6O. The molecule has 25 heavy (non-hydrogen) atoms. The predicted octanol–water partition coefficient (Wildman–Crippen LogP) is 1.71. The summed E-state index contributed by atoms with van der Waals surface area (Å²) in [6.07, 6.45) is 7.62. The number of rotatable bonds is 6. The van der Waals surface area contributed by atoms with Crippen molar-refractivity contribution in [2.24, 2.45) is 16.3 Å². The normalized spacial score (nSPS) is 24.2. The molecule has 1 aromatic heterocycles. The Bertz CT molecular complexity index is 623. The fraction of sp³-hybridized carbons (Fsp3) is 0.824. The molecule has 2 heterocycles. The molecule has 1 unspecified atom stereocenters. The average molecular weight is 460 g/mol.